The number of Topliss-reactive ketones (excluding diaryl/α,β-unsaturated/α-hetero) is 1. The molecule has 1 amide bonds. The number of aromatic nitrogens is 4. The standard InChI is InChI=1S/C20H22N8O5.C6H11NO3/c1-28(9-11-8-23-17-15(24-11)16(21)26-20(22)27-17)12-4-2-10(3-5-12)18(31)25-13(19(32)33)6-7-14(29)30;1-3-4(7-2)5(8)6(9)10/h2-5,8,13H,6-7,9H2,1H3,(H,25,31)(H,29,30)(H,32,33)(H4,21,22,23,26,27);4,7H,3H2,1-2H3,(H,9,10). The summed E-state index contributed by atoms with van der Waals surface area (Å²) < 4.78 is 0. The fraction of sp³-hybridized carbons (Fsp3) is 0.346. The number of amides is 1. The Morgan fingerprint density at radius 3 is 2.14 bits per heavy atom. The van der Waals surface area contributed by atoms with Crippen LogP contribution >= 0.6 is 0 Å². The molecule has 0 saturated carbocycles. The summed E-state index contributed by atoms with van der Waals surface area (Å²) in [5.41, 5.74) is 13.7. The molecule has 0 aliphatic heterocycles. The van der Waals surface area contributed by atoms with Crippen LogP contribution in [-0.4, -0.2) is 91.0 Å². The number of benzene rings is 1. The molecular weight excluding hydrogens is 566 g/mol. The molecule has 0 spiro atoms. The summed E-state index contributed by atoms with van der Waals surface area (Å²) in [6, 6.07) is 4.62. The van der Waals surface area contributed by atoms with Crippen LogP contribution in [0.15, 0.2) is 30.5 Å². The van der Waals surface area contributed by atoms with Crippen molar-refractivity contribution in [2.24, 2.45) is 0 Å². The van der Waals surface area contributed by atoms with Gasteiger partial charge in [-0.25, -0.2) is 19.6 Å². The number of nitrogen functional groups attached to an aromatic ring is 2. The number of nitrogens with two attached hydrogens (primary N) is 2. The van der Waals surface area contributed by atoms with Crippen molar-refractivity contribution in [1.29, 1.82) is 0 Å². The molecule has 0 aliphatic carbocycles. The van der Waals surface area contributed by atoms with Crippen LogP contribution in [0.5, 0.6) is 0 Å². The Morgan fingerprint density at radius 1 is 0.977 bits per heavy atom. The number of carbonyl (C=O) groups excluding carboxylic acids is 2. The lowest BCUT2D eigenvalue weighted by atomic mass is 10.1. The van der Waals surface area contributed by atoms with E-state index in [1.807, 2.05) is 11.9 Å². The molecule has 0 saturated heterocycles. The predicted molar refractivity (Wildman–Crippen MR) is 154 cm³/mol. The van der Waals surface area contributed by atoms with Crippen LogP contribution in [0.1, 0.15) is 42.2 Å². The van der Waals surface area contributed by atoms with Gasteiger partial charge in [0.05, 0.1) is 24.5 Å². The summed E-state index contributed by atoms with van der Waals surface area (Å²) in [4.78, 5) is 73.4. The van der Waals surface area contributed by atoms with Gasteiger partial charge in [0.1, 0.15) is 6.04 Å². The van der Waals surface area contributed by atoms with Crippen molar-refractivity contribution in [3.05, 3.63) is 41.7 Å². The molecule has 2 heterocycles. The molecule has 3 rings (SSSR count). The normalized spacial score (nSPS) is 11.9. The maximum absolute atomic E-state index is 12.4. The molecule has 2 aromatic heterocycles. The Kier molecular flexibility index (Phi) is 12.2. The summed E-state index contributed by atoms with van der Waals surface area (Å²) in [6.45, 7) is 2.12. The molecule has 17 nitrogen and oxygen atoms in total. The van der Waals surface area contributed by atoms with Crippen molar-refractivity contribution >= 4 is 58.2 Å². The third-order valence-electron chi connectivity index (χ3n) is 6.00. The number of carboxylic acid groups (broad SMARTS) is 3. The van der Waals surface area contributed by atoms with E-state index >= 15 is 0 Å². The van der Waals surface area contributed by atoms with E-state index in [9.17, 15) is 29.1 Å². The fourth-order valence-electron chi connectivity index (χ4n) is 3.70. The van der Waals surface area contributed by atoms with Crippen LogP contribution in [0.3, 0.4) is 0 Å². The number of fused-ring (bicyclic) bond motifs is 1. The lowest BCUT2D eigenvalue weighted by molar-refractivity contribution is -0.150. The molecule has 0 bridgehead atoms. The molecule has 9 N–H and O–H groups in total. The second-order valence-electron chi connectivity index (χ2n) is 9.12. The zero-order valence-corrected chi connectivity index (χ0v) is 23.6. The van der Waals surface area contributed by atoms with Gasteiger partial charge in [-0.1, -0.05) is 6.92 Å². The van der Waals surface area contributed by atoms with Crippen molar-refractivity contribution in [3.8, 4) is 0 Å². The van der Waals surface area contributed by atoms with E-state index in [0.29, 0.717) is 29.8 Å². The van der Waals surface area contributed by atoms with E-state index in [-0.39, 0.29) is 30.2 Å². The Bertz CT molecular complexity index is 1480. The van der Waals surface area contributed by atoms with E-state index in [1.54, 1.807) is 32.3 Å². The number of carboxylic acids is 3. The Labute approximate surface area is 245 Å². The second-order valence-corrected chi connectivity index (χ2v) is 9.12. The number of nitrogens with one attached hydrogen (secondary N) is 2. The van der Waals surface area contributed by atoms with Gasteiger partial charge in [-0.15, -0.1) is 0 Å². The number of rotatable bonds is 13. The minimum absolute atomic E-state index is 0.0138. The maximum atomic E-state index is 12.4. The molecule has 0 radical (unpaired) electrons. The fourth-order valence-corrected chi connectivity index (χ4v) is 3.70. The highest BCUT2D eigenvalue weighted by molar-refractivity contribution is 6.34. The van der Waals surface area contributed by atoms with Crippen molar-refractivity contribution in [2.75, 3.05) is 30.5 Å². The van der Waals surface area contributed by atoms with Gasteiger partial charge in [-0.05, 0) is 44.2 Å². The first kappa shape index (κ1) is 33.8. The molecule has 3 aromatic rings. The first-order chi connectivity index (χ1) is 20.3. The van der Waals surface area contributed by atoms with E-state index in [4.69, 9.17) is 21.7 Å². The zero-order valence-electron chi connectivity index (χ0n) is 23.6. The number of hydrogen-bond donors (Lipinski definition) is 7. The van der Waals surface area contributed by atoms with E-state index in [1.165, 1.54) is 12.1 Å². The van der Waals surface area contributed by atoms with Gasteiger partial charge >= 0.3 is 17.9 Å². The van der Waals surface area contributed by atoms with Crippen molar-refractivity contribution in [2.45, 2.75) is 44.8 Å². The summed E-state index contributed by atoms with van der Waals surface area (Å²) in [5.74, 6) is -5.06. The first-order valence-corrected chi connectivity index (χ1v) is 12.8. The van der Waals surface area contributed by atoms with E-state index in [0.717, 1.165) is 5.69 Å². The highest BCUT2D eigenvalue weighted by Gasteiger charge is 2.22. The summed E-state index contributed by atoms with van der Waals surface area (Å²) in [6.07, 6.45) is 1.47. The largest absolute Gasteiger partial charge is 0.481 e. The first-order valence-electron chi connectivity index (χ1n) is 12.8. The number of aliphatic carboxylic acids is 3. The molecule has 2 atom stereocenters. The summed E-state index contributed by atoms with van der Waals surface area (Å²) in [7, 11) is 3.38. The average Bonchev–Trinajstić information content (AvgIpc) is 2.96. The number of ketones is 1. The Hall–Kier alpha value is -5.45. The van der Waals surface area contributed by atoms with Gasteiger partial charge < -0.3 is 42.3 Å². The third kappa shape index (κ3) is 9.85. The van der Waals surface area contributed by atoms with Crippen LogP contribution in [0.25, 0.3) is 11.2 Å². The SMILES string of the molecule is CCC(NC)C(=O)C(=O)O.CN(Cc1cnc2nc(N)nc(N)c2n1)c1ccc(C(=O)NC(CCC(=O)O)C(=O)O)cc1. The molecule has 2 unspecified atom stereocenters. The maximum Gasteiger partial charge on any atom is 0.373 e. The quantitative estimate of drug-likeness (QED) is 0.126. The van der Waals surface area contributed by atoms with Gasteiger partial charge in [-0.2, -0.15) is 9.97 Å². The molecular formula is C26H33N9O8. The summed E-state index contributed by atoms with van der Waals surface area (Å²) >= 11 is 0. The highest BCUT2D eigenvalue weighted by Crippen LogP contribution is 2.19. The minimum atomic E-state index is -1.37. The average molecular weight is 600 g/mol. The van der Waals surface area contributed by atoms with Gasteiger partial charge in [0.25, 0.3) is 11.7 Å². The highest BCUT2D eigenvalue weighted by atomic mass is 16.4. The van der Waals surface area contributed by atoms with Crippen molar-refractivity contribution in [3.63, 3.8) is 0 Å². The van der Waals surface area contributed by atoms with Gasteiger partial charge in [0.15, 0.2) is 17.0 Å². The third-order valence-corrected chi connectivity index (χ3v) is 6.00. The van der Waals surface area contributed by atoms with Crippen LogP contribution in [-0.2, 0) is 25.7 Å². The van der Waals surface area contributed by atoms with Gasteiger partial charge in [0.2, 0.25) is 5.95 Å². The molecule has 43 heavy (non-hydrogen) atoms. The van der Waals surface area contributed by atoms with Crippen molar-refractivity contribution in [1.82, 2.24) is 30.6 Å². The van der Waals surface area contributed by atoms with Crippen LogP contribution in [0.2, 0.25) is 0 Å². The van der Waals surface area contributed by atoms with Crippen LogP contribution < -0.4 is 27.0 Å². The lowest BCUT2D eigenvalue weighted by Crippen LogP contribution is -2.41. The van der Waals surface area contributed by atoms with Gasteiger partial charge in [-0.3, -0.25) is 14.4 Å². The van der Waals surface area contributed by atoms with Gasteiger partial charge in [0, 0.05) is 24.7 Å². The molecule has 0 fully saturated rings. The number of carbonyl (C=O) groups is 5. The van der Waals surface area contributed by atoms with Crippen LogP contribution in [0, 0.1) is 0 Å². The Morgan fingerprint density at radius 2 is 1.63 bits per heavy atom. The molecule has 230 valence electrons. The monoisotopic (exact) mass is 599 g/mol. The topological polar surface area (TPSA) is 277 Å². The van der Waals surface area contributed by atoms with E-state index < -0.39 is 41.7 Å². The molecule has 1 aromatic carbocycles. The number of nitrogens with zero attached hydrogens (tertiary/aromatic N) is 5. The zero-order chi connectivity index (χ0) is 32.3. The predicted octanol–water partition coefficient (Wildman–Crippen LogP) is -0.0935. The Balaban J connectivity index is 0.000000553. The number of hydrogen-bond acceptors (Lipinski definition) is 13. The minimum Gasteiger partial charge on any atom is -0.481 e. The second kappa shape index (κ2) is 15.5. The van der Waals surface area contributed by atoms with Crippen LogP contribution in [0.4, 0.5) is 17.5 Å². The number of anilines is 3. The lowest BCUT2D eigenvalue weighted by Gasteiger charge is -2.19. The molecule has 0 aliphatic rings. The van der Waals surface area contributed by atoms with Crippen molar-refractivity contribution < 1.29 is 39.3 Å². The number of likely N-dealkylation sites (N-methyl/N-ethyl adjacent to an activating group) is 1. The smallest absolute Gasteiger partial charge is 0.373 e. The van der Waals surface area contributed by atoms with E-state index in [2.05, 4.69) is 30.6 Å². The molecule has 17 heteroatoms. The summed E-state index contributed by atoms with van der Waals surface area (Å²) in [5, 5.41) is 31.1.